The van der Waals surface area contributed by atoms with Gasteiger partial charge in [-0.3, -0.25) is 4.79 Å². The molecule has 2 N–H and O–H groups in total. The second-order valence-corrected chi connectivity index (χ2v) is 10.7. The summed E-state index contributed by atoms with van der Waals surface area (Å²) in [4.78, 5) is 14.1. The highest BCUT2D eigenvalue weighted by Crippen LogP contribution is 2.35. The van der Waals surface area contributed by atoms with Crippen molar-refractivity contribution in [1.29, 1.82) is 0 Å². The maximum Gasteiger partial charge on any atom is 0.238 e. The number of sulfonamides is 1. The molecule has 5 nitrogen and oxygen atoms in total. The summed E-state index contributed by atoms with van der Waals surface area (Å²) < 4.78 is 26.8. The highest BCUT2D eigenvalue weighted by molar-refractivity contribution is 8.00. The van der Waals surface area contributed by atoms with Crippen molar-refractivity contribution in [3.63, 3.8) is 0 Å². The van der Waals surface area contributed by atoms with Crippen LogP contribution in [0, 0.1) is 0 Å². The number of thioether (sulfide) groups is 1. The molecule has 7 heteroatoms. The van der Waals surface area contributed by atoms with Crippen molar-refractivity contribution in [2.45, 2.75) is 42.3 Å². The lowest BCUT2D eigenvalue weighted by Gasteiger charge is -2.17. The summed E-state index contributed by atoms with van der Waals surface area (Å²) in [7, 11) is -3.37. The molecule has 0 aliphatic rings. The van der Waals surface area contributed by atoms with Gasteiger partial charge in [-0.25, -0.2) is 13.1 Å². The molecular formula is C25H28N2O3S2. The van der Waals surface area contributed by atoms with Crippen molar-refractivity contribution in [2.24, 2.45) is 0 Å². The van der Waals surface area contributed by atoms with Gasteiger partial charge in [-0.05, 0) is 42.7 Å². The van der Waals surface area contributed by atoms with Crippen LogP contribution in [-0.4, -0.2) is 20.4 Å². The van der Waals surface area contributed by atoms with Crippen molar-refractivity contribution in [3.05, 3.63) is 102 Å². The minimum Gasteiger partial charge on any atom is -0.351 e. The van der Waals surface area contributed by atoms with Crippen molar-refractivity contribution >= 4 is 27.7 Å². The van der Waals surface area contributed by atoms with Crippen molar-refractivity contribution in [3.8, 4) is 0 Å². The Morgan fingerprint density at radius 1 is 0.844 bits per heavy atom. The van der Waals surface area contributed by atoms with E-state index in [0.717, 1.165) is 16.0 Å². The standard InChI is InChI=1S/C25H28N2O3S2/c1-19(2)27-32(29,30)18-21-15-13-20(14-16-21)17-26-25(28)24(22-9-5-3-6-10-22)31-23-11-7-4-8-12-23/h3-16,19,24,27H,17-18H2,1-2H3,(H,26,28). The quantitative estimate of drug-likeness (QED) is 0.424. The average molecular weight is 469 g/mol. The van der Waals surface area contributed by atoms with Gasteiger partial charge in [0.15, 0.2) is 0 Å². The molecule has 0 bridgehead atoms. The molecule has 3 aromatic rings. The lowest BCUT2D eigenvalue weighted by Crippen LogP contribution is -2.31. The molecule has 0 spiro atoms. The molecule has 0 saturated carbocycles. The van der Waals surface area contributed by atoms with Gasteiger partial charge in [-0.2, -0.15) is 0 Å². The number of nitrogens with one attached hydrogen (secondary N) is 2. The van der Waals surface area contributed by atoms with Crippen molar-refractivity contribution in [1.82, 2.24) is 10.0 Å². The third-order valence-corrected chi connectivity index (χ3v) is 7.41. The van der Waals surface area contributed by atoms with Crippen LogP contribution in [0.3, 0.4) is 0 Å². The minimum absolute atomic E-state index is 0.0678. The van der Waals surface area contributed by atoms with Crippen LogP contribution in [-0.2, 0) is 27.1 Å². The highest BCUT2D eigenvalue weighted by Gasteiger charge is 2.21. The Labute approximate surface area is 194 Å². The van der Waals surface area contributed by atoms with E-state index in [1.54, 1.807) is 26.0 Å². The summed E-state index contributed by atoms with van der Waals surface area (Å²) >= 11 is 1.51. The normalized spacial score (nSPS) is 12.5. The molecule has 32 heavy (non-hydrogen) atoms. The molecule has 0 radical (unpaired) electrons. The van der Waals surface area contributed by atoms with Crippen LogP contribution in [0.5, 0.6) is 0 Å². The van der Waals surface area contributed by atoms with Crippen LogP contribution in [0.15, 0.2) is 89.8 Å². The molecule has 0 heterocycles. The van der Waals surface area contributed by atoms with Gasteiger partial charge in [0.2, 0.25) is 15.9 Å². The Morgan fingerprint density at radius 3 is 2.00 bits per heavy atom. The van der Waals surface area contributed by atoms with Gasteiger partial charge in [0.05, 0.1) is 5.75 Å². The fourth-order valence-electron chi connectivity index (χ4n) is 3.19. The molecule has 3 rings (SSSR count). The highest BCUT2D eigenvalue weighted by atomic mass is 32.2. The molecule has 0 saturated heterocycles. The molecule has 0 fully saturated rings. The molecule has 1 atom stereocenters. The maximum atomic E-state index is 13.1. The number of hydrogen-bond donors (Lipinski definition) is 2. The fourth-order valence-corrected chi connectivity index (χ4v) is 5.69. The van der Waals surface area contributed by atoms with E-state index in [1.807, 2.05) is 72.8 Å². The van der Waals surface area contributed by atoms with E-state index in [4.69, 9.17) is 0 Å². The second kappa shape index (κ2) is 11.3. The third-order valence-electron chi connectivity index (χ3n) is 4.60. The van der Waals surface area contributed by atoms with Crippen LogP contribution in [0.25, 0.3) is 0 Å². The smallest absolute Gasteiger partial charge is 0.238 e. The third kappa shape index (κ3) is 7.51. The Morgan fingerprint density at radius 2 is 1.41 bits per heavy atom. The van der Waals surface area contributed by atoms with Crippen LogP contribution in [0.1, 0.15) is 35.8 Å². The molecule has 1 unspecified atom stereocenters. The summed E-state index contributed by atoms with van der Waals surface area (Å²) in [6.07, 6.45) is 0. The predicted molar refractivity (Wildman–Crippen MR) is 131 cm³/mol. The Kier molecular flexibility index (Phi) is 8.50. The monoisotopic (exact) mass is 468 g/mol. The number of hydrogen-bond acceptors (Lipinski definition) is 4. The lowest BCUT2D eigenvalue weighted by atomic mass is 10.1. The van der Waals surface area contributed by atoms with Gasteiger partial charge in [0.25, 0.3) is 0 Å². The van der Waals surface area contributed by atoms with E-state index in [2.05, 4.69) is 10.0 Å². The second-order valence-electron chi connectivity index (χ2n) is 7.79. The Bertz CT molecular complexity index is 1100. The molecule has 3 aromatic carbocycles. The van der Waals surface area contributed by atoms with Crippen LogP contribution >= 0.6 is 11.8 Å². The molecule has 0 aliphatic carbocycles. The predicted octanol–water partition coefficient (Wildman–Crippen LogP) is 4.66. The molecule has 168 valence electrons. The van der Waals surface area contributed by atoms with Gasteiger partial charge < -0.3 is 5.32 Å². The summed E-state index contributed by atoms with van der Waals surface area (Å²) in [6.45, 7) is 3.96. The zero-order valence-electron chi connectivity index (χ0n) is 18.2. The largest absolute Gasteiger partial charge is 0.351 e. The lowest BCUT2D eigenvalue weighted by molar-refractivity contribution is -0.120. The van der Waals surface area contributed by atoms with E-state index in [-0.39, 0.29) is 23.0 Å². The van der Waals surface area contributed by atoms with Crippen LogP contribution in [0.2, 0.25) is 0 Å². The van der Waals surface area contributed by atoms with Crippen molar-refractivity contribution < 1.29 is 13.2 Å². The van der Waals surface area contributed by atoms with Crippen LogP contribution < -0.4 is 10.0 Å². The molecule has 0 aliphatic heterocycles. The Hall–Kier alpha value is -2.61. The van der Waals surface area contributed by atoms with Gasteiger partial charge in [-0.15, -0.1) is 11.8 Å². The summed E-state index contributed by atoms with van der Waals surface area (Å²) in [5, 5.41) is 2.65. The SMILES string of the molecule is CC(C)NS(=O)(=O)Cc1ccc(CNC(=O)C(Sc2ccccc2)c2ccccc2)cc1. The van der Waals surface area contributed by atoms with E-state index in [0.29, 0.717) is 12.1 Å². The Balaban J connectivity index is 1.64. The van der Waals surface area contributed by atoms with Gasteiger partial charge in [0, 0.05) is 17.5 Å². The zero-order valence-corrected chi connectivity index (χ0v) is 19.8. The number of rotatable bonds is 10. The van der Waals surface area contributed by atoms with Gasteiger partial charge in [0.1, 0.15) is 5.25 Å². The van der Waals surface area contributed by atoms with E-state index < -0.39 is 10.0 Å². The average Bonchev–Trinajstić information content (AvgIpc) is 2.77. The number of carbonyl (C=O) groups is 1. The first-order chi connectivity index (χ1) is 15.3. The van der Waals surface area contributed by atoms with Gasteiger partial charge >= 0.3 is 0 Å². The summed E-state index contributed by atoms with van der Waals surface area (Å²) in [6, 6.07) is 26.7. The van der Waals surface area contributed by atoms with E-state index in [1.165, 1.54) is 11.8 Å². The molecule has 0 aromatic heterocycles. The molecular weight excluding hydrogens is 440 g/mol. The number of amides is 1. The number of benzene rings is 3. The number of carbonyl (C=O) groups excluding carboxylic acids is 1. The first-order valence-corrected chi connectivity index (χ1v) is 13.0. The van der Waals surface area contributed by atoms with E-state index >= 15 is 0 Å². The topological polar surface area (TPSA) is 75.3 Å². The zero-order chi connectivity index (χ0) is 23.0. The maximum absolute atomic E-state index is 13.1. The molecule has 1 amide bonds. The fraction of sp³-hybridized carbons (Fsp3) is 0.240. The van der Waals surface area contributed by atoms with Crippen LogP contribution in [0.4, 0.5) is 0 Å². The summed E-state index contributed by atoms with van der Waals surface area (Å²) in [5.41, 5.74) is 2.56. The van der Waals surface area contributed by atoms with E-state index in [9.17, 15) is 13.2 Å². The van der Waals surface area contributed by atoms with Gasteiger partial charge in [-0.1, -0.05) is 72.8 Å². The minimum atomic E-state index is -3.37. The first-order valence-electron chi connectivity index (χ1n) is 10.4. The summed E-state index contributed by atoms with van der Waals surface area (Å²) in [5.74, 6) is -0.139. The van der Waals surface area contributed by atoms with Crippen molar-refractivity contribution in [2.75, 3.05) is 0 Å². The first kappa shape index (κ1) is 24.0.